The number of thioether (sulfide) groups is 1. The molecule has 0 spiro atoms. The molecular weight excluding hydrogens is 424 g/mol. The summed E-state index contributed by atoms with van der Waals surface area (Å²) < 4.78 is 31.4. The zero-order valence-electron chi connectivity index (χ0n) is 17.0. The quantitative estimate of drug-likeness (QED) is 0.415. The zero-order chi connectivity index (χ0) is 21.9. The van der Waals surface area contributed by atoms with Crippen LogP contribution in [-0.4, -0.2) is 36.3 Å². The lowest BCUT2D eigenvalue weighted by atomic mass is 10.1. The number of aromatic nitrogens is 2. The number of hydrogen-bond donors (Lipinski definition) is 2. The van der Waals surface area contributed by atoms with Gasteiger partial charge in [-0.15, -0.1) is 11.8 Å². The summed E-state index contributed by atoms with van der Waals surface area (Å²) in [4.78, 5) is 21.8. The fourth-order valence-electron chi connectivity index (χ4n) is 2.76. The molecule has 1 aromatic carbocycles. The highest BCUT2D eigenvalue weighted by atomic mass is 32.2. The molecule has 0 bridgehead atoms. The average Bonchev–Trinajstić information content (AvgIpc) is 3.24. The van der Waals surface area contributed by atoms with Crippen molar-refractivity contribution in [3.05, 3.63) is 53.4 Å². The Balaban J connectivity index is 1.86. The molecule has 10 heteroatoms. The lowest BCUT2D eigenvalue weighted by Crippen LogP contribution is -2.18. The van der Waals surface area contributed by atoms with Gasteiger partial charge >= 0.3 is 0 Å². The maximum absolute atomic E-state index is 12.9. The first-order valence-electron chi connectivity index (χ1n) is 9.13. The molecule has 0 fully saturated rings. The molecule has 0 aliphatic carbocycles. The Morgan fingerprint density at radius 1 is 1.20 bits per heavy atom. The standard InChI is InChI=1S/C20H22N4O4S2/c1-5-30(26,27)24-15-9-8-14(11-12(15)2)22-19(25)17-13(3)21-18(23-20(17)29-4)16-7-6-10-28-16/h6-11,24H,5H2,1-4H3,(H,22,25). The summed E-state index contributed by atoms with van der Waals surface area (Å²) in [6, 6.07) is 8.48. The molecule has 2 aromatic heterocycles. The number of amides is 1. The second kappa shape index (κ2) is 8.88. The number of aryl methyl sites for hydroxylation is 2. The van der Waals surface area contributed by atoms with Crippen molar-refractivity contribution in [2.75, 3.05) is 22.0 Å². The van der Waals surface area contributed by atoms with Crippen LogP contribution in [0.1, 0.15) is 28.5 Å². The van der Waals surface area contributed by atoms with Crippen molar-refractivity contribution >= 4 is 39.1 Å². The summed E-state index contributed by atoms with van der Waals surface area (Å²) in [6.45, 7) is 5.08. The van der Waals surface area contributed by atoms with Crippen molar-refractivity contribution < 1.29 is 17.6 Å². The monoisotopic (exact) mass is 446 g/mol. The van der Waals surface area contributed by atoms with Gasteiger partial charge in [0.15, 0.2) is 11.6 Å². The van der Waals surface area contributed by atoms with Gasteiger partial charge in [-0.05, 0) is 62.9 Å². The summed E-state index contributed by atoms with van der Waals surface area (Å²) >= 11 is 1.34. The maximum atomic E-state index is 12.9. The smallest absolute Gasteiger partial charge is 0.260 e. The second-order valence-electron chi connectivity index (χ2n) is 6.48. The number of sulfonamides is 1. The van der Waals surface area contributed by atoms with Crippen LogP contribution in [0.3, 0.4) is 0 Å². The van der Waals surface area contributed by atoms with E-state index in [0.717, 1.165) is 0 Å². The van der Waals surface area contributed by atoms with E-state index in [4.69, 9.17) is 4.42 Å². The Morgan fingerprint density at radius 3 is 2.57 bits per heavy atom. The molecule has 3 rings (SSSR count). The summed E-state index contributed by atoms with van der Waals surface area (Å²) in [5.74, 6) is 0.586. The van der Waals surface area contributed by atoms with Crippen molar-refractivity contribution in [3.8, 4) is 11.6 Å². The third-order valence-corrected chi connectivity index (χ3v) is 6.32. The Hall–Kier alpha value is -2.85. The van der Waals surface area contributed by atoms with Gasteiger partial charge in [0.25, 0.3) is 5.91 Å². The number of hydrogen-bond acceptors (Lipinski definition) is 7. The normalized spacial score (nSPS) is 11.3. The molecule has 0 saturated carbocycles. The first-order chi connectivity index (χ1) is 14.2. The van der Waals surface area contributed by atoms with E-state index in [-0.39, 0.29) is 11.7 Å². The maximum Gasteiger partial charge on any atom is 0.260 e. The van der Waals surface area contributed by atoms with Gasteiger partial charge in [-0.3, -0.25) is 9.52 Å². The highest BCUT2D eigenvalue weighted by Crippen LogP contribution is 2.27. The summed E-state index contributed by atoms with van der Waals surface area (Å²) in [5.41, 5.74) is 2.62. The molecule has 8 nitrogen and oxygen atoms in total. The predicted octanol–water partition coefficient (Wildman–Crippen LogP) is 4.09. The van der Waals surface area contributed by atoms with Gasteiger partial charge in [-0.1, -0.05) is 0 Å². The van der Waals surface area contributed by atoms with Gasteiger partial charge in [-0.25, -0.2) is 18.4 Å². The minimum absolute atomic E-state index is 0.0182. The Kier molecular flexibility index (Phi) is 6.47. The molecule has 0 aliphatic rings. The van der Waals surface area contributed by atoms with Crippen molar-refractivity contribution in [2.45, 2.75) is 25.8 Å². The Morgan fingerprint density at radius 2 is 1.97 bits per heavy atom. The highest BCUT2D eigenvalue weighted by Gasteiger charge is 2.20. The van der Waals surface area contributed by atoms with Crippen LogP contribution < -0.4 is 10.0 Å². The van der Waals surface area contributed by atoms with E-state index in [1.807, 2.05) is 6.26 Å². The van der Waals surface area contributed by atoms with E-state index in [0.29, 0.717) is 44.8 Å². The van der Waals surface area contributed by atoms with Crippen LogP contribution in [-0.2, 0) is 10.0 Å². The van der Waals surface area contributed by atoms with Crippen LogP contribution in [0, 0.1) is 13.8 Å². The molecule has 158 valence electrons. The molecule has 30 heavy (non-hydrogen) atoms. The number of carbonyl (C=O) groups is 1. The van der Waals surface area contributed by atoms with E-state index in [9.17, 15) is 13.2 Å². The van der Waals surface area contributed by atoms with Gasteiger partial charge in [0, 0.05) is 5.69 Å². The SMILES string of the molecule is CCS(=O)(=O)Nc1ccc(NC(=O)c2c(C)nc(-c3ccco3)nc2SC)cc1C. The van der Waals surface area contributed by atoms with Crippen LogP contribution in [0.25, 0.3) is 11.6 Å². The van der Waals surface area contributed by atoms with Crippen molar-refractivity contribution in [2.24, 2.45) is 0 Å². The predicted molar refractivity (Wildman–Crippen MR) is 118 cm³/mol. The molecule has 1 amide bonds. The van der Waals surface area contributed by atoms with Gasteiger partial charge in [0.2, 0.25) is 10.0 Å². The van der Waals surface area contributed by atoms with Gasteiger partial charge in [0.05, 0.1) is 29.0 Å². The Bertz CT molecular complexity index is 1180. The molecule has 2 N–H and O–H groups in total. The number of rotatable bonds is 7. The molecule has 0 unspecified atom stereocenters. The summed E-state index contributed by atoms with van der Waals surface area (Å²) in [7, 11) is -3.38. The van der Waals surface area contributed by atoms with E-state index in [1.54, 1.807) is 57.4 Å². The van der Waals surface area contributed by atoms with Gasteiger partial charge in [-0.2, -0.15) is 0 Å². The van der Waals surface area contributed by atoms with E-state index in [2.05, 4.69) is 20.0 Å². The third-order valence-electron chi connectivity index (χ3n) is 4.35. The third kappa shape index (κ3) is 4.82. The summed E-state index contributed by atoms with van der Waals surface area (Å²) in [5, 5.41) is 3.38. The molecule has 2 heterocycles. The van der Waals surface area contributed by atoms with E-state index >= 15 is 0 Å². The van der Waals surface area contributed by atoms with Crippen LogP contribution in [0.2, 0.25) is 0 Å². The molecule has 0 saturated heterocycles. The first-order valence-corrected chi connectivity index (χ1v) is 12.0. The van der Waals surface area contributed by atoms with Crippen LogP contribution in [0.15, 0.2) is 46.0 Å². The topological polar surface area (TPSA) is 114 Å². The fourth-order valence-corrected chi connectivity index (χ4v) is 4.09. The average molecular weight is 447 g/mol. The number of carbonyl (C=O) groups excluding carboxylic acids is 1. The second-order valence-corrected chi connectivity index (χ2v) is 9.29. The minimum atomic E-state index is -3.38. The number of anilines is 2. The molecule has 0 atom stereocenters. The number of furan rings is 1. The molecular formula is C20H22N4O4S2. The van der Waals surface area contributed by atoms with Gasteiger partial charge < -0.3 is 9.73 Å². The van der Waals surface area contributed by atoms with Crippen LogP contribution in [0.5, 0.6) is 0 Å². The number of nitrogens with zero attached hydrogens (tertiary/aromatic N) is 2. The van der Waals surface area contributed by atoms with E-state index in [1.165, 1.54) is 11.8 Å². The molecule has 0 aliphatic heterocycles. The number of benzene rings is 1. The minimum Gasteiger partial charge on any atom is -0.461 e. The van der Waals surface area contributed by atoms with Crippen LogP contribution in [0.4, 0.5) is 11.4 Å². The molecule has 3 aromatic rings. The highest BCUT2D eigenvalue weighted by molar-refractivity contribution is 7.98. The molecule has 0 radical (unpaired) electrons. The Labute approximate surface area is 179 Å². The van der Waals surface area contributed by atoms with Gasteiger partial charge in [0.1, 0.15) is 5.03 Å². The van der Waals surface area contributed by atoms with Crippen molar-refractivity contribution in [1.82, 2.24) is 9.97 Å². The first kappa shape index (κ1) is 21.8. The largest absolute Gasteiger partial charge is 0.461 e. The number of nitrogens with one attached hydrogen (secondary N) is 2. The lowest BCUT2D eigenvalue weighted by Gasteiger charge is -2.14. The van der Waals surface area contributed by atoms with Crippen molar-refractivity contribution in [3.63, 3.8) is 0 Å². The van der Waals surface area contributed by atoms with Crippen LogP contribution >= 0.6 is 11.8 Å². The lowest BCUT2D eigenvalue weighted by molar-refractivity contribution is 0.102. The van der Waals surface area contributed by atoms with E-state index < -0.39 is 10.0 Å². The summed E-state index contributed by atoms with van der Waals surface area (Å²) in [6.07, 6.45) is 3.38. The zero-order valence-corrected chi connectivity index (χ0v) is 18.6. The van der Waals surface area contributed by atoms with Crippen molar-refractivity contribution in [1.29, 1.82) is 0 Å². The fraction of sp³-hybridized carbons (Fsp3) is 0.250.